The Morgan fingerprint density at radius 2 is 1.78 bits per heavy atom. The zero-order chi connectivity index (χ0) is 18.2. The zero-order valence-corrected chi connectivity index (χ0v) is 14.5. The van der Waals surface area contributed by atoms with Crippen molar-refractivity contribution in [1.29, 1.82) is 0 Å². The highest BCUT2D eigenvalue weighted by Gasteiger charge is 2.57. The van der Waals surface area contributed by atoms with Crippen LogP contribution in [0.3, 0.4) is 0 Å². The van der Waals surface area contributed by atoms with Gasteiger partial charge in [-0.3, -0.25) is 0 Å². The third kappa shape index (κ3) is 3.49. The van der Waals surface area contributed by atoms with Crippen LogP contribution in [0.2, 0.25) is 0 Å². The van der Waals surface area contributed by atoms with Crippen LogP contribution < -0.4 is 0 Å². The van der Waals surface area contributed by atoms with Gasteiger partial charge in [0, 0.05) is 11.5 Å². The molecule has 0 aliphatic rings. The summed E-state index contributed by atoms with van der Waals surface area (Å²) in [4.78, 5) is 11.4. The Morgan fingerprint density at radius 1 is 1.26 bits per heavy atom. The van der Waals surface area contributed by atoms with Gasteiger partial charge in [0.1, 0.15) is 10.6 Å². The maximum atomic E-state index is 12.6. The van der Waals surface area contributed by atoms with Crippen molar-refractivity contribution in [1.82, 2.24) is 0 Å². The van der Waals surface area contributed by atoms with Gasteiger partial charge < -0.3 is 15.3 Å². The summed E-state index contributed by atoms with van der Waals surface area (Å²) in [7, 11) is -4.55. The number of carboxylic acids is 1. The van der Waals surface area contributed by atoms with E-state index in [1.54, 1.807) is 0 Å². The van der Waals surface area contributed by atoms with E-state index in [2.05, 4.69) is 0 Å². The molecule has 3 N–H and O–H groups in total. The van der Waals surface area contributed by atoms with Crippen LogP contribution in [-0.2, 0) is 19.1 Å². The Balaban J connectivity index is 3.55. The van der Waals surface area contributed by atoms with E-state index in [9.17, 15) is 28.5 Å². The highest BCUT2D eigenvalue weighted by atomic mass is 32.2. The van der Waals surface area contributed by atoms with Gasteiger partial charge >= 0.3 is 5.97 Å². The van der Waals surface area contributed by atoms with Crippen molar-refractivity contribution in [3.05, 3.63) is 23.8 Å². The van der Waals surface area contributed by atoms with Gasteiger partial charge in [-0.15, -0.1) is 0 Å². The summed E-state index contributed by atoms with van der Waals surface area (Å²) in [5.41, 5.74) is -3.34. The largest absolute Gasteiger partial charge is 0.508 e. The molecule has 1 rings (SSSR count). The third-order valence-electron chi connectivity index (χ3n) is 3.70. The topological polar surface area (TPSA) is 121 Å². The summed E-state index contributed by atoms with van der Waals surface area (Å²) in [5, 5.41) is 29.0. The number of hydrogen-bond donors (Lipinski definition) is 3. The molecule has 0 bridgehead atoms. The van der Waals surface area contributed by atoms with E-state index in [1.165, 1.54) is 39.8 Å². The maximum absolute atomic E-state index is 12.6. The van der Waals surface area contributed by atoms with Crippen LogP contribution in [-0.4, -0.2) is 41.4 Å². The molecule has 0 saturated heterocycles. The van der Waals surface area contributed by atoms with Crippen LogP contribution in [0.5, 0.6) is 5.75 Å². The lowest BCUT2D eigenvalue weighted by Gasteiger charge is -2.41. The van der Waals surface area contributed by atoms with Gasteiger partial charge in [0.15, 0.2) is 0 Å². The van der Waals surface area contributed by atoms with Crippen LogP contribution >= 0.6 is 0 Å². The van der Waals surface area contributed by atoms with E-state index in [-0.39, 0.29) is 16.2 Å². The Bertz CT molecular complexity index is 701. The molecule has 0 spiro atoms. The van der Waals surface area contributed by atoms with E-state index in [0.29, 0.717) is 0 Å². The predicted octanol–water partition coefficient (Wildman–Crippen LogP) is 1.66. The number of phenolic OH excluding ortho intramolecular Hbond substituents is 1. The number of phenols is 1. The molecule has 8 heteroatoms. The molecular weight excluding hydrogens is 324 g/mol. The van der Waals surface area contributed by atoms with Crippen LogP contribution in [0, 0.1) is 12.3 Å². The fourth-order valence-electron chi connectivity index (χ4n) is 2.43. The van der Waals surface area contributed by atoms with Gasteiger partial charge in [-0.25, -0.2) is 8.98 Å². The van der Waals surface area contributed by atoms with E-state index < -0.39 is 33.2 Å². The predicted molar refractivity (Wildman–Crippen MR) is 82.6 cm³/mol. The van der Waals surface area contributed by atoms with Crippen molar-refractivity contribution in [3.8, 4) is 5.75 Å². The number of aliphatic hydroxyl groups excluding tert-OH is 1. The van der Waals surface area contributed by atoms with Gasteiger partial charge in [-0.1, -0.05) is 26.8 Å². The fourth-order valence-corrected chi connectivity index (χ4v) is 4.06. The van der Waals surface area contributed by atoms with E-state index in [0.717, 1.165) is 13.0 Å². The molecule has 0 aliphatic carbocycles. The summed E-state index contributed by atoms with van der Waals surface area (Å²) in [5.74, 6) is -1.90. The molecule has 2 atom stereocenters. The van der Waals surface area contributed by atoms with Crippen molar-refractivity contribution in [3.63, 3.8) is 0 Å². The summed E-state index contributed by atoms with van der Waals surface area (Å²) >= 11 is 0. The van der Waals surface area contributed by atoms with Crippen molar-refractivity contribution in [2.75, 3.05) is 0 Å². The Morgan fingerprint density at radius 3 is 2.17 bits per heavy atom. The van der Waals surface area contributed by atoms with Crippen molar-refractivity contribution in [2.24, 2.45) is 5.41 Å². The molecule has 0 amide bonds. The summed E-state index contributed by atoms with van der Waals surface area (Å²) in [6.45, 7) is 7.01. The molecule has 23 heavy (non-hydrogen) atoms. The number of aliphatic hydroxyl groups is 1. The quantitative estimate of drug-likeness (QED) is 0.693. The van der Waals surface area contributed by atoms with Crippen molar-refractivity contribution < 1.29 is 32.7 Å². The van der Waals surface area contributed by atoms with E-state index >= 15 is 0 Å². The number of carbonyl (C=O) groups is 1. The SMILES string of the molecule is Cc1ccc(O)cc1S(=O)(=O)OC(C(=O)O)(C(C)O)C(C)(C)C. The molecule has 0 radical (unpaired) electrons. The minimum Gasteiger partial charge on any atom is -0.508 e. The number of aryl methyl sites for hydroxylation is 1. The van der Waals surface area contributed by atoms with E-state index in [1.807, 2.05) is 0 Å². The molecule has 0 heterocycles. The smallest absolute Gasteiger partial charge is 0.340 e. The molecule has 1 aromatic rings. The molecule has 0 aromatic heterocycles. The molecule has 0 aliphatic heterocycles. The average Bonchev–Trinajstić information content (AvgIpc) is 2.36. The van der Waals surface area contributed by atoms with Crippen LogP contribution in [0.1, 0.15) is 33.3 Å². The summed E-state index contributed by atoms with van der Waals surface area (Å²) < 4.78 is 30.2. The molecule has 0 fully saturated rings. The number of aliphatic carboxylic acids is 1. The Labute approximate surface area is 135 Å². The molecular formula is C15H22O7S. The normalized spacial score (nSPS) is 16.6. The number of aromatic hydroxyl groups is 1. The van der Waals surface area contributed by atoms with Crippen LogP contribution in [0.4, 0.5) is 0 Å². The summed E-state index contributed by atoms with van der Waals surface area (Å²) in [6, 6.07) is 3.65. The first kappa shape index (κ1) is 19.4. The third-order valence-corrected chi connectivity index (χ3v) is 5.16. The van der Waals surface area contributed by atoms with Crippen molar-refractivity contribution >= 4 is 16.1 Å². The molecule has 2 unspecified atom stereocenters. The second-order valence-corrected chi connectivity index (χ2v) is 7.97. The van der Waals surface area contributed by atoms with Gasteiger partial charge in [-0.2, -0.15) is 8.42 Å². The Hall–Kier alpha value is -1.64. The van der Waals surface area contributed by atoms with Crippen molar-refractivity contribution in [2.45, 2.75) is 51.2 Å². The zero-order valence-electron chi connectivity index (χ0n) is 13.7. The van der Waals surface area contributed by atoms with E-state index in [4.69, 9.17) is 4.18 Å². The number of benzene rings is 1. The minimum absolute atomic E-state index is 0.279. The van der Waals surface area contributed by atoms with Gasteiger partial charge in [0.2, 0.25) is 5.60 Å². The second kappa shape index (κ2) is 6.10. The second-order valence-electron chi connectivity index (χ2n) is 6.45. The number of carboxylic acid groups (broad SMARTS) is 1. The number of rotatable bonds is 5. The molecule has 7 nitrogen and oxygen atoms in total. The van der Waals surface area contributed by atoms with Gasteiger partial charge in [0.25, 0.3) is 10.1 Å². The first-order chi connectivity index (χ1) is 10.3. The lowest BCUT2D eigenvalue weighted by atomic mass is 9.73. The first-order valence-electron chi connectivity index (χ1n) is 6.92. The highest BCUT2D eigenvalue weighted by Crippen LogP contribution is 2.40. The fraction of sp³-hybridized carbons (Fsp3) is 0.533. The number of hydrogen-bond acceptors (Lipinski definition) is 6. The van der Waals surface area contributed by atoms with Gasteiger partial charge in [0.05, 0.1) is 6.10 Å². The monoisotopic (exact) mass is 346 g/mol. The lowest BCUT2D eigenvalue weighted by molar-refractivity contribution is -0.181. The van der Waals surface area contributed by atoms with Crippen LogP contribution in [0.15, 0.2) is 23.1 Å². The summed E-state index contributed by atoms with van der Waals surface area (Å²) in [6.07, 6.45) is -1.60. The molecule has 1 aromatic carbocycles. The standard InChI is InChI=1S/C15H22O7S/c1-9-6-7-11(17)8-12(9)23(20,21)22-15(10(2)16,13(18)19)14(3,4)5/h6-8,10,16-17H,1-5H3,(H,18,19). The molecule has 130 valence electrons. The average molecular weight is 346 g/mol. The highest BCUT2D eigenvalue weighted by molar-refractivity contribution is 7.86. The molecule has 0 saturated carbocycles. The van der Waals surface area contributed by atoms with Gasteiger partial charge in [-0.05, 0) is 25.5 Å². The first-order valence-corrected chi connectivity index (χ1v) is 8.33. The Kier molecular flexibility index (Phi) is 5.15. The lowest BCUT2D eigenvalue weighted by Crippen LogP contribution is -2.60. The minimum atomic E-state index is -4.55. The van der Waals surface area contributed by atoms with Crippen LogP contribution in [0.25, 0.3) is 0 Å². The maximum Gasteiger partial charge on any atom is 0.340 e.